The number of hydrogen-bond acceptors (Lipinski definition) is 2. The molecule has 0 bridgehead atoms. The first-order valence-corrected chi connectivity index (χ1v) is 7.20. The van der Waals surface area contributed by atoms with Crippen LogP contribution in [0.3, 0.4) is 0 Å². The number of pyridine rings is 1. The number of benzene rings is 1. The summed E-state index contributed by atoms with van der Waals surface area (Å²) in [5.74, 6) is -0.0744. The van der Waals surface area contributed by atoms with E-state index in [0.29, 0.717) is 18.7 Å². The third kappa shape index (κ3) is 2.83. The Balaban J connectivity index is 1.77. The molecule has 0 N–H and O–H groups in total. The average molecular weight is 299 g/mol. The number of carbonyl (C=O) groups excluding carboxylic acids is 1. The number of halogens is 1. The Kier molecular flexibility index (Phi) is 3.76. The van der Waals surface area contributed by atoms with E-state index in [-0.39, 0.29) is 11.1 Å². The molecule has 4 heteroatoms. The molecule has 3 nitrogen and oxygen atoms in total. The molecule has 0 unspecified atom stereocenters. The Hall–Kier alpha value is -2.13. The van der Waals surface area contributed by atoms with Gasteiger partial charge in [-0.25, -0.2) is 4.98 Å². The summed E-state index contributed by atoms with van der Waals surface area (Å²) in [6.45, 7) is 3.06. The normalized spacial score (nSPS) is 14.2. The molecule has 1 aliphatic rings. The molecule has 0 spiro atoms. The maximum Gasteiger partial charge on any atom is 0.257 e. The molecule has 0 atom stereocenters. The van der Waals surface area contributed by atoms with E-state index >= 15 is 0 Å². The summed E-state index contributed by atoms with van der Waals surface area (Å²) >= 11 is 6.08. The molecule has 1 amide bonds. The molecule has 0 radical (unpaired) electrons. The average Bonchev–Trinajstić information content (AvgIpc) is 2.97. The second-order valence-corrected chi connectivity index (χ2v) is 5.43. The largest absolute Gasteiger partial charge is 0.330 e. The number of aromatic nitrogens is 1. The van der Waals surface area contributed by atoms with Crippen LogP contribution in [0.4, 0.5) is 0 Å². The summed E-state index contributed by atoms with van der Waals surface area (Å²) < 4.78 is 0. The monoisotopic (exact) mass is 298 g/mol. The summed E-state index contributed by atoms with van der Waals surface area (Å²) in [6, 6.07) is 13.6. The van der Waals surface area contributed by atoms with Crippen molar-refractivity contribution in [2.45, 2.75) is 6.92 Å². The second-order valence-electron chi connectivity index (χ2n) is 5.07. The molecule has 2 heterocycles. The molecule has 2 aromatic rings. The fourth-order valence-corrected chi connectivity index (χ4v) is 2.70. The van der Waals surface area contributed by atoms with Gasteiger partial charge >= 0.3 is 0 Å². The fourth-order valence-electron chi connectivity index (χ4n) is 2.43. The molecular formula is C17H15ClN2O. The first-order valence-electron chi connectivity index (χ1n) is 6.82. The van der Waals surface area contributed by atoms with Gasteiger partial charge in [-0.2, -0.15) is 0 Å². The SMILES string of the molecule is Cc1ccc(C(=O)N2CC=C(c3ccccc3)C2)c(Cl)n1. The van der Waals surface area contributed by atoms with Crippen molar-refractivity contribution in [3.8, 4) is 0 Å². The van der Waals surface area contributed by atoms with Crippen LogP contribution in [0.25, 0.3) is 5.57 Å². The Morgan fingerprint density at radius 1 is 1.19 bits per heavy atom. The number of carbonyl (C=O) groups is 1. The minimum absolute atomic E-state index is 0.0744. The van der Waals surface area contributed by atoms with Gasteiger partial charge in [0.2, 0.25) is 0 Å². The topological polar surface area (TPSA) is 33.2 Å². The van der Waals surface area contributed by atoms with Crippen molar-refractivity contribution in [1.29, 1.82) is 0 Å². The van der Waals surface area contributed by atoms with E-state index in [0.717, 1.165) is 11.3 Å². The fraction of sp³-hybridized carbons (Fsp3) is 0.176. The molecule has 0 aliphatic carbocycles. The van der Waals surface area contributed by atoms with Gasteiger partial charge in [-0.15, -0.1) is 0 Å². The predicted molar refractivity (Wildman–Crippen MR) is 84.3 cm³/mol. The number of hydrogen-bond donors (Lipinski definition) is 0. The highest BCUT2D eigenvalue weighted by molar-refractivity contribution is 6.32. The van der Waals surface area contributed by atoms with Gasteiger partial charge < -0.3 is 4.90 Å². The van der Waals surface area contributed by atoms with Crippen molar-refractivity contribution in [1.82, 2.24) is 9.88 Å². The van der Waals surface area contributed by atoms with Crippen molar-refractivity contribution in [2.24, 2.45) is 0 Å². The van der Waals surface area contributed by atoms with E-state index in [1.807, 2.05) is 25.1 Å². The predicted octanol–water partition coefficient (Wildman–Crippen LogP) is 3.58. The van der Waals surface area contributed by atoms with Gasteiger partial charge in [0.15, 0.2) is 0 Å². The van der Waals surface area contributed by atoms with Crippen molar-refractivity contribution in [3.05, 3.63) is 70.5 Å². The lowest BCUT2D eigenvalue weighted by Gasteiger charge is -2.17. The number of rotatable bonds is 2. The summed E-state index contributed by atoms with van der Waals surface area (Å²) in [5.41, 5.74) is 3.59. The number of aryl methyl sites for hydroxylation is 1. The van der Waals surface area contributed by atoms with Crippen molar-refractivity contribution < 1.29 is 4.79 Å². The number of nitrogens with zero attached hydrogens (tertiary/aromatic N) is 2. The highest BCUT2D eigenvalue weighted by atomic mass is 35.5. The molecule has 1 aromatic heterocycles. The van der Waals surface area contributed by atoms with Crippen LogP contribution in [0.2, 0.25) is 5.15 Å². The van der Waals surface area contributed by atoms with Crippen LogP contribution in [-0.4, -0.2) is 28.9 Å². The molecule has 0 saturated carbocycles. The molecule has 106 valence electrons. The summed E-state index contributed by atoms with van der Waals surface area (Å²) in [6.07, 6.45) is 2.09. The molecule has 21 heavy (non-hydrogen) atoms. The first kappa shape index (κ1) is 13.8. The van der Waals surface area contributed by atoms with Gasteiger partial charge in [-0.3, -0.25) is 4.79 Å². The van der Waals surface area contributed by atoms with Crippen LogP contribution in [0, 0.1) is 6.92 Å². The lowest BCUT2D eigenvalue weighted by molar-refractivity contribution is 0.0801. The van der Waals surface area contributed by atoms with Gasteiger partial charge in [0.25, 0.3) is 5.91 Å². The van der Waals surface area contributed by atoms with E-state index in [2.05, 4.69) is 23.2 Å². The van der Waals surface area contributed by atoms with E-state index in [4.69, 9.17) is 11.6 Å². The van der Waals surface area contributed by atoms with Crippen LogP contribution in [0.15, 0.2) is 48.5 Å². The van der Waals surface area contributed by atoms with Crippen molar-refractivity contribution in [2.75, 3.05) is 13.1 Å². The highest BCUT2D eigenvalue weighted by Crippen LogP contribution is 2.24. The lowest BCUT2D eigenvalue weighted by atomic mass is 10.1. The van der Waals surface area contributed by atoms with E-state index in [1.165, 1.54) is 5.57 Å². The second kappa shape index (κ2) is 5.70. The van der Waals surface area contributed by atoms with Crippen LogP contribution in [0.5, 0.6) is 0 Å². The Labute approximate surface area is 128 Å². The van der Waals surface area contributed by atoms with Gasteiger partial charge in [-0.1, -0.05) is 48.0 Å². The van der Waals surface area contributed by atoms with E-state index in [1.54, 1.807) is 17.0 Å². The number of amides is 1. The minimum atomic E-state index is -0.0744. The highest BCUT2D eigenvalue weighted by Gasteiger charge is 2.23. The molecule has 1 aliphatic heterocycles. The van der Waals surface area contributed by atoms with Gasteiger partial charge in [0.1, 0.15) is 5.15 Å². The maximum atomic E-state index is 12.5. The summed E-state index contributed by atoms with van der Waals surface area (Å²) in [5, 5.41) is 0.271. The third-order valence-corrected chi connectivity index (χ3v) is 3.86. The Bertz CT molecular complexity index is 710. The van der Waals surface area contributed by atoms with E-state index in [9.17, 15) is 4.79 Å². The standard InChI is InChI=1S/C17H15ClN2O/c1-12-7-8-15(16(18)19-12)17(21)20-10-9-14(11-20)13-5-3-2-4-6-13/h2-9H,10-11H2,1H3. The van der Waals surface area contributed by atoms with E-state index < -0.39 is 0 Å². The lowest BCUT2D eigenvalue weighted by Crippen LogP contribution is -2.29. The van der Waals surface area contributed by atoms with Crippen LogP contribution in [-0.2, 0) is 0 Å². The smallest absolute Gasteiger partial charge is 0.257 e. The molecule has 1 aromatic carbocycles. The summed E-state index contributed by atoms with van der Waals surface area (Å²) in [7, 11) is 0. The van der Waals surface area contributed by atoms with Crippen LogP contribution in [0.1, 0.15) is 21.6 Å². The Morgan fingerprint density at radius 3 is 2.67 bits per heavy atom. The van der Waals surface area contributed by atoms with Gasteiger partial charge in [-0.05, 0) is 30.2 Å². The van der Waals surface area contributed by atoms with Gasteiger partial charge in [0, 0.05) is 18.8 Å². The molecule has 0 saturated heterocycles. The first-order chi connectivity index (χ1) is 10.1. The summed E-state index contributed by atoms with van der Waals surface area (Å²) in [4.78, 5) is 18.4. The minimum Gasteiger partial charge on any atom is -0.330 e. The third-order valence-electron chi connectivity index (χ3n) is 3.57. The van der Waals surface area contributed by atoms with Crippen LogP contribution >= 0.6 is 11.6 Å². The molecule has 3 rings (SSSR count). The van der Waals surface area contributed by atoms with Crippen molar-refractivity contribution in [3.63, 3.8) is 0 Å². The maximum absolute atomic E-state index is 12.5. The van der Waals surface area contributed by atoms with Crippen molar-refractivity contribution >= 4 is 23.1 Å². The quantitative estimate of drug-likeness (QED) is 0.794. The molecule has 0 fully saturated rings. The zero-order valence-corrected chi connectivity index (χ0v) is 12.5. The zero-order valence-electron chi connectivity index (χ0n) is 11.7. The zero-order chi connectivity index (χ0) is 14.8. The van der Waals surface area contributed by atoms with Gasteiger partial charge in [0.05, 0.1) is 5.56 Å². The molecular weight excluding hydrogens is 284 g/mol. The van der Waals surface area contributed by atoms with Crippen LogP contribution < -0.4 is 0 Å². The Morgan fingerprint density at radius 2 is 1.95 bits per heavy atom.